The molecule has 0 aromatic heterocycles. The summed E-state index contributed by atoms with van der Waals surface area (Å²) >= 11 is 0. The zero-order valence-corrected chi connectivity index (χ0v) is 11.6. The first-order chi connectivity index (χ1) is 9.65. The fraction of sp³-hybridized carbons (Fsp3) is 0.250. The molecule has 0 unspecified atom stereocenters. The Morgan fingerprint density at radius 2 is 1.95 bits per heavy atom. The van der Waals surface area contributed by atoms with Crippen molar-refractivity contribution in [2.24, 2.45) is 0 Å². The molecule has 106 valence electrons. The van der Waals surface area contributed by atoms with Crippen molar-refractivity contribution >= 4 is 11.4 Å². The summed E-state index contributed by atoms with van der Waals surface area (Å²) < 4.78 is 18.7. The van der Waals surface area contributed by atoms with Gasteiger partial charge >= 0.3 is 0 Å². The Morgan fingerprint density at radius 3 is 2.70 bits per heavy atom. The number of hydrogen-bond donors (Lipinski definition) is 1. The lowest BCUT2D eigenvalue weighted by molar-refractivity contribution is 0.312. The van der Waals surface area contributed by atoms with Crippen LogP contribution in [0.3, 0.4) is 0 Å². The van der Waals surface area contributed by atoms with Crippen molar-refractivity contribution in [3.05, 3.63) is 54.3 Å². The molecular formula is C16H19FN2O. The molecule has 0 fully saturated rings. The van der Waals surface area contributed by atoms with E-state index in [1.54, 1.807) is 12.1 Å². The summed E-state index contributed by atoms with van der Waals surface area (Å²) in [7, 11) is 1.94. The highest BCUT2D eigenvalue weighted by molar-refractivity contribution is 5.45. The zero-order chi connectivity index (χ0) is 14.4. The van der Waals surface area contributed by atoms with E-state index in [-0.39, 0.29) is 5.82 Å². The third-order valence-corrected chi connectivity index (χ3v) is 3.01. The molecule has 0 radical (unpaired) electrons. The van der Waals surface area contributed by atoms with Gasteiger partial charge in [-0.15, -0.1) is 0 Å². The molecule has 2 aromatic carbocycles. The quantitative estimate of drug-likeness (QED) is 0.648. The standard InChI is InChI=1S/C16H19FN2O/c1-19(15-7-2-5-13(17)11-15)9-4-10-20-16-8-3-6-14(18)12-16/h2-3,5-8,11-12H,4,9-10,18H2,1H3. The predicted molar refractivity (Wildman–Crippen MR) is 80.6 cm³/mol. The molecule has 0 aliphatic rings. The van der Waals surface area contributed by atoms with Gasteiger partial charge in [-0.1, -0.05) is 12.1 Å². The molecule has 0 atom stereocenters. The summed E-state index contributed by atoms with van der Waals surface area (Å²) in [6.45, 7) is 1.40. The van der Waals surface area contributed by atoms with E-state index in [9.17, 15) is 4.39 Å². The van der Waals surface area contributed by atoms with Crippen molar-refractivity contribution in [3.63, 3.8) is 0 Å². The first-order valence-electron chi connectivity index (χ1n) is 6.60. The number of rotatable bonds is 6. The van der Waals surface area contributed by atoms with Gasteiger partial charge in [0.1, 0.15) is 11.6 Å². The lowest BCUT2D eigenvalue weighted by atomic mass is 10.2. The molecule has 20 heavy (non-hydrogen) atoms. The number of hydrogen-bond acceptors (Lipinski definition) is 3. The number of benzene rings is 2. The van der Waals surface area contributed by atoms with Gasteiger partial charge in [0.15, 0.2) is 0 Å². The second-order valence-corrected chi connectivity index (χ2v) is 4.68. The number of nitrogens with two attached hydrogens (primary N) is 1. The summed E-state index contributed by atoms with van der Waals surface area (Å²) in [5.41, 5.74) is 7.24. The van der Waals surface area contributed by atoms with Crippen molar-refractivity contribution in [3.8, 4) is 5.75 Å². The average molecular weight is 274 g/mol. The van der Waals surface area contributed by atoms with Crippen LogP contribution in [0, 0.1) is 5.82 Å². The van der Waals surface area contributed by atoms with E-state index in [4.69, 9.17) is 10.5 Å². The second-order valence-electron chi connectivity index (χ2n) is 4.68. The fourth-order valence-corrected chi connectivity index (χ4v) is 1.94. The Hall–Kier alpha value is -2.23. The maximum Gasteiger partial charge on any atom is 0.125 e. The molecule has 2 rings (SSSR count). The van der Waals surface area contributed by atoms with E-state index in [2.05, 4.69) is 0 Å². The van der Waals surface area contributed by atoms with Gasteiger partial charge in [0, 0.05) is 31.0 Å². The first-order valence-corrected chi connectivity index (χ1v) is 6.60. The topological polar surface area (TPSA) is 38.5 Å². The highest BCUT2D eigenvalue weighted by atomic mass is 19.1. The largest absolute Gasteiger partial charge is 0.493 e. The Labute approximate surface area is 118 Å². The Balaban J connectivity index is 1.76. The highest BCUT2D eigenvalue weighted by Crippen LogP contribution is 2.16. The smallest absolute Gasteiger partial charge is 0.125 e. The van der Waals surface area contributed by atoms with Crippen molar-refractivity contribution in [2.45, 2.75) is 6.42 Å². The van der Waals surface area contributed by atoms with Crippen LogP contribution in [0.25, 0.3) is 0 Å². The number of ether oxygens (including phenoxy) is 1. The van der Waals surface area contributed by atoms with Gasteiger partial charge in [-0.25, -0.2) is 4.39 Å². The lowest BCUT2D eigenvalue weighted by Gasteiger charge is -2.19. The lowest BCUT2D eigenvalue weighted by Crippen LogP contribution is -2.20. The second kappa shape index (κ2) is 6.80. The number of nitrogens with zero attached hydrogens (tertiary/aromatic N) is 1. The first kappa shape index (κ1) is 14.2. The van der Waals surface area contributed by atoms with Crippen LogP contribution < -0.4 is 15.4 Å². The molecule has 0 aliphatic carbocycles. The van der Waals surface area contributed by atoms with Gasteiger partial charge < -0.3 is 15.4 Å². The van der Waals surface area contributed by atoms with Crippen LogP contribution in [0.15, 0.2) is 48.5 Å². The van der Waals surface area contributed by atoms with Gasteiger partial charge in [0.25, 0.3) is 0 Å². The van der Waals surface area contributed by atoms with Crippen molar-refractivity contribution in [1.29, 1.82) is 0 Å². The average Bonchev–Trinajstić information content (AvgIpc) is 2.43. The normalized spacial score (nSPS) is 10.3. The molecule has 0 aliphatic heterocycles. The third-order valence-electron chi connectivity index (χ3n) is 3.01. The molecule has 2 aromatic rings. The van der Waals surface area contributed by atoms with E-state index in [1.165, 1.54) is 12.1 Å². The van der Waals surface area contributed by atoms with Crippen molar-refractivity contribution in [2.75, 3.05) is 30.8 Å². The molecule has 0 heterocycles. The molecule has 0 amide bonds. The monoisotopic (exact) mass is 274 g/mol. The summed E-state index contributed by atoms with van der Waals surface area (Å²) in [6.07, 6.45) is 0.849. The van der Waals surface area contributed by atoms with Crippen LogP contribution in [0.4, 0.5) is 15.8 Å². The van der Waals surface area contributed by atoms with Crippen LogP contribution in [0.1, 0.15) is 6.42 Å². The van der Waals surface area contributed by atoms with Gasteiger partial charge in [-0.05, 0) is 36.8 Å². The molecular weight excluding hydrogens is 255 g/mol. The minimum absolute atomic E-state index is 0.217. The summed E-state index contributed by atoms with van der Waals surface area (Å²) in [4.78, 5) is 2.01. The van der Waals surface area contributed by atoms with E-state index >= 15 is 0 Å². The van der Waals surface area contributed by atoms with E-state index in [0.29, 0.717) is 12.3 Å². The number of anilines is 2. The maximum atomic E-state index is 13.1. The van der Waals surface area contributed by atoms with Crippen LogP contribution in [-0.2, 0) is 0 Å². The Morgan fingerprint density at radius 1 is 1.15 bits per heavy atom. The maximum absolute atomic E-state index is 13.1. The van der Waals surface area contributed by atoms with Crippen LogP contribution in [-0.4, -0.2) is 20.2 Å². The van der Waals surface area contributed by atoms with Gasteiger partial charge in [-0.3, -0.25) is 0 Å². The molecule has 3 nitrogen and oxygen atoms in total. The minimum Gasteiger partial charge on any atom is -0.493 e. The minimum atomic E-state index is -0.217. The van der Waals surface area contributed by atoms with Crippen molar-refractivity contribution in [1.82, 2.24) is 0 Å². The van der Waals surface area contributed by atoms with Gasteiger partial charge in [-0.2, -0.15) is 0 Å². The van der Waals surface area contributed by atoms with Crippen LogP contribution in [0.2, 0.25) is 0 Å². The molecule has 0 spiro atoms. The zero-order valence-electron chi connectivity index (χ0n) is 11.6. The van der Waals surface area contributed by atoms with Gasteiger partial charge in [0.2, 0.25) is 0 Å². The third kappa shape index (κ3) is 4.16. The van der Waals surface area contributed by atoms with E-state index in [0.717, 1.165) is 24.4 Å². The number of halogens is 1. The highest BCUT2D eigenvalue weighted by Gasteiger charge is 2.02. The summed E-state index contributed by atoms with van der Waals surface area (Å²) in [5, 5.41) is 0. The summed E-state index contributed by atoms with van der Waals surface area (Å²) in [5.74, 6) is 0.559. The SMILES string of the molecule is CN(CCCOc1cccc(N)c1)c1cccc(F)c1. The molecule has 4 heteroatoms. The number of nitrogen functional groups attached to an aromatic ring is 1. The van der Waals surface area contributed by atoms with Gasteiger partial charge in [0.05, 0.1) is 6.61 Å². The molecule has 0 bridgehead atoms. The fourth-order valence-electron chi connectivity index (χ4n) is 1.94. The van der Waals surface area contributed by atoms with E-state index in [1.807, 2.05) is 36.2 Å². The van der Waals surface area contributed by atoms with Crippen LogP contribution >= 0.6 is 0 Å². The molecule has 0 saturated heterocycles. The predicted octanol–water partition coefficient (Wildman–Crippen LogP) is 3.31. The molecule has 0 saturated carbocycles. The summed E-state index contributed by atoms with van der Waals surface area (Å²) in [6, 6.07) is 13.9. The Bertz CT molecular complexity index is 560. The van der Waals surface area contributed by atoms with Crippen molar-refractivity contribution < 1.29 is 9.13 Å². The van der Waals surface area contributed by atoms with Crippen LogP contribution in [0.5, 0.6) is 5.75 Å². The Kier molecular flexibility index (Phi) is 4.82. The van der Waals surface area contributed by atoms with E-state index < -0.39 is 0 Å². The molecule has 2 N–H and O–H groups in total.